The van der Waals surface area contributed by atoms with E-state index in [1.807, 2.05) is 37.3 Å². The summed E-state index contributed by atoms with van der Waals surface area (Å²) in [6, 6.07) is 16.7. The molecule has 0 spiro atoms. The topological polar surface area (TPSA) is 112 Å². The van der Waals surface area contributed by atoms with E-state index in [9.17, 15) is 4.79 Å². The quantitative estimate of drug-likeness (QED) is 0.284. The lowest BCUT2D eigenvalue weighted by molar-refractivity contribution is -0.113. The number of aromatic nitrogens is 4. The van der Waals surface area contributed by atoms with Gasteiger partial charge in [-0.1, -0.05) is 42.1 Å². The smallest absolute Gasteiger partial charge is 0.255 e. The molecule has 0 aliphatic carbocycles. The third kappa shape index (κ3) is 5.39. The van der Waals surface area contributed by atoms with Gasteiger partial charge in [-0.2, -0.15) is 4.98 Å². The van der Waals surface area contributed by atoms with Crippen LogP contribution in [-0.2, 0) is 10.5 Å². The summed E-state index contributed by atoms with van der Waals surface area (Å²) in [6.07, 6.45) is 3.25. The second-order valence-corrected chi connectivity index (χ2v) is 9.60. The van der Waals surface area contributed by atoms with E-state index in [0.29, 0.717) is 56.6 Å². The van der Waals surface area contributed by atoms with Crippen LogP contribution in [0.25, 0.3) is 0 Å². The highest BCUT2D eigenvalue weighted by molar-refractivity contribution is 7.98. The van der Waals surface area contributed by atoms with Crippen molar-refractivity contribution in [2.24, 2.45) is 0 Å². The van der Waals surface area contributed by atoms with Gasteiger partial charge in [-0.3, -0.25) is 9.78 Å². The number of benzene rings is 2. The molecule has 10 nitrogen and oxygen atoms in total. The molecule has 11 heteroatoms. The molecule has 0 saturated carbocycles. The molecule has 0 bridgehead atoms. The van der Waals surface area contributed by atoms with Gasteiger partial charge in [-0.05, 0) is 42.3 Å². The second kappa shape index (κ2) is 11.5. The number of carbonyl (C=O) groups is 1. The molecule has 2 aromatic carbocycles. The number of anilines is 2. The number of ether oxygens (including phenoxy) is 3. The van der Waals surface area contributed by atoms with Crippen molar-refractivity contribution < 1.29 is 19.0 Å². The Hall–Kier alpha value is -4.51. The standard InChI is InChI=1S/C28H28N6O4S/c1-17-23(26(35)31-20-11-8-12-29-15-20)24(19-13-21(36-2)25(38-4)22(14-19)37-3)34-27(30-17)32-28(33-34)39-16-18-9-6-5-7-10-18/h5-15,24H,16H2,1-4H3,(H,31,35)(H,30,32,33). The third-order valence-electron chi connectivity index (χ3n) is 6.21. The molecular weight excluding hydrogens is 516 g/mol. The van der Waals surface area contributed by atoms with Gasteiger partial charge in [0.1, 0.15) is 6.04 Å². The Morgan fingerprint density at radius 3 is 2.44 bits per heavy atom. The second-order valence-electron chi connectivity index (χ2n) is 8.66. The van der Waals surface area contributed by atoms with Crippen LogP contribution in [0.1, 0.15) is 24.1 Å². The van der Waals surface area contributed by atoms with E-state index in [1.165, 1.54) is 11.8 Å². The van der Waals surface area contributed by atoms with Crippen LogP contribution in [0.4, 0.5) is 11.6 Å². The maximum Gasteiger partial charge on any atom is 0.255 e. The number of methoxy groups -OCH3 is 3. The van der Waals surface area contributed by atoms with E-state index in [2.05, 4.69) is 27.8 Å². The van der Waals surface area contributed by atoms with E-state index >= 15 is 0 Å². The largest absolute Gasteiger partial charge is 0.493 e. The van der Waals surface area contributed by atoms with Gasteiger partial charge in [-0.25, -0.2) is 4.68 Å². The average molecular weight is 545 g/mol. The number of nitrogens with one attached hydrogen (secondary N) is 2. The van der Waals surface area contributed by atoms with Crippen molar-refractivity contribution in [3.05, 3.63) is 89.4 Å². The number of carbonyl (C=O) groups excluding carboxylic acids is 1. The fourth-order valence-corrected chi connectivity index (χ4v) is 5.20. The summed E-state index contributed by atoms with van der Waals surface area (Å²) in [5.41, 5.74) is 3.57. The molecule has 0 saturated heterocycles. The molecule has 1 aliphatic rings. The van der Waals surface area contributed by atoms with E-state index in [-0.39, 0.29) is 5.91 Å². The van der Waals surface area contributed by atoms with E-state index in [4.69, 9.17) is 24.3 Å². The molecule has 2 aromatic heterocycles. The number of thioether (sulfide) groups is 1. The van der Waals surface area contributed by atoms with Crippen LogP contribution >= 0.6 is 11.8 Å². The van der Waals surface area contributed by atoms with Gasteiger partial charge in [0.15, 0.2) is 11.5 Å². The van der Waals surface area contributed by atoms with Crippen molar-refractivity contribution in [2.45, 2.75) is 23.9 Å². The summed E-state index contributed by atoms with van der Waals surface area (Å²) in [4.78, 5) is 22.6. The number of hydrogen-bond donors (Lipinski definition) is 2. The van der Waals surface area contributed by atoms with Crippen molar-refractivity contribution in [1.29, 1.82) is 0 Å². The van der Waals surface area contributed by atoms with Gasteiger partial charge in [0.25, 0.3) is 5.91 Å². The Morgan fingerprint density at radius 1 is 1.05 bits per heavy atom. The lowest BCUT2D eigenvalue weighted by Gasteiger charge is -2.29. The van der Waals surface area contributed by atoms with Crippen LogP contribution in [-0.4, -0.2) is 47.0 Å². The summed E-state index contributed by atoms with van der Waals surface area (Å²) in [5, 5.41) is 11.6. The first-order valence-electron chi connectivity index (χ1n) is 12.1. The number of fused-ring (bicyclic) bond motifs is 1. The maximum atomic E-state index is 13.7. The fourth-order valence-electron chi connectivity index (χ4n) is 4.41. The normalized spacial score (nSPS) is 14.3. The molecule has 5 rings (SSSR count). The molecular formula is C28H28N6O4S. The Bertz CT molecular complexity index is 1480. The van der Waals surface area contributed by atoms with E-state index < -0.39 is 6.04 Å². The minimum atomic E-state index is -0.634. The maximum absolute atomic E-state index is 13.7. The molecule has 2 N–H and O–H groups in total. The molecule has 1 unspecified atom stereocenters. The predicted molar refractivity (Wildman–Crippen MR) is 149 cm³/mol. The van der Waals surface area contributed by atoms with Gasteiger partial charge < -0.3 is 24.8 Å². The number of amides is 1. The molecule has 1 atom stereocenters. The van der Waals surface area contributed by atoms with Crippen molar-refractivity contribution in [2.75, 3.05) is 32.0 Å². The molecule has 200 valence electrons. The van der Waals surface area contributed by atoms with Crippen LogP contribution in [0.5, 0.6) is 17.2 Å². The van der Waals surface area contributed by atoms with Gasteiger partial charge in [0.05, 0.1) is 38.8 Å². The number of pyridine rings is 1. The minimum absolute atomic E-state index is 0.300. The number of allylic oxidation sites excluding steroid dienone is 1. The summed E-state index contributed by atoms with van der Waals surface area (Å²) >= 11 is 1.52. The molecule has 1 aliphatic heterocycles. The first-order valence-corrected chi connectivity index (χ1v) is 13.1. The van der Waals surface area contributed by atoms with Crippen molar-refractivity contribution in [3.63, 3.8) is 0 Å². The summed E-state index contributed by atoms with van der Waals surface area (Å²) in [7, 11) is 4.66. The molecule has 3 heterocycles. The lowest BCUT2D eigenvalue weighted by Crippen LogP contribution is -2.31. The summed E-state index contributed by atoms with van der Waals surface area (Å²) in [5.74, 6) is 2.33. The highest BCUT2D eigenvalue weighted by Crippen LogP contribution is 2.44. The zero-order chi connectivity index (χ0) is 27.4. The van der Waals surface area contributed by atoms with Gasteiger partial charge in [0, 0.05) is 17.6 Å². The number of rotatable bonds is 9. The molecule has 39 heavy (non-hydrogen) atoms. The van der Waals surface area contributed by atoms with Crippen LogP contribution in [0.2, 0.25) is 0 Å². The molecule has 1 amide bonds. The predicted octanol–water partition coefficient (Wildman–Crippen LogP) is 4.92. The Labute approximate surface area is 230 Å². The highest BCUT2D eigenvalue weighted by Gasteiger charge is 2.35. The molecule has 0 radical (unpaired) electrons. The first kappa shape index (κ1) is 26.1. The van der Waals surface area contributed by atoms with E-state index in [1.54, 1.807) is 50.5 Å². The Balaban J connectivity index is 1.58. The fraction of sp³-hybridized carbons (Fsp3) is 0.214. The van der Waals surface area contributed by atoms with Crippen LogP contribution in [0.3, 0.4) is 0 Å². The summed E-state index contributed by atoms with van der Waals surface area (Å²) in [6.45, 7) is 1.85. The van der Waals surface area contributed by atoms with Crippen molar-refractivity contribution in [3.8, 4) is 17.2 Å². The van der Waals surface area contributed by atoms with E-state index in [0.717, 1.165) is 5.56 Å². The Morgan fingerprint density at radius 2 is 1.79 bits per heavy atom. The van der Waals surface area contributed by atoms with Crippen LogP contribution in [0, 0.1) is 0 Å². The highest BCUT2D eigenvalue weighted by atomic mass is 32.2. The minimum Gasteiger partial charge on any atom is -0.493 e. The zero-order valence-corrected chi connectivity index (χ0v) is 22.8. The first-order chi connectivity index (χ1) is 19.0. The van der Waals surface area contributed by atoms with Crippen LogP contribution in [0.15, 0.2) is 83.4 Å². The number of hydrogen-bond acceptors (Lipinski definition) is 9. The third-order valence-corrected chi connectivity index (χ3v) is 7.12. The van der Waals surface area contributed by atoms with Gasteiger partial charge >= 0.3 is 0 Å². The Kier molecular flexibility index (Phi) is 7.69. The number of nitrogens with zero attached hydrogens (tertiary/aromatic N) is 4. The van der Waals surface area contributed by atoms with Gasteiger partial charge in [-0.15, -0.1) is 5.10 Å². The molecule has 4 aromatic rings. The average Bonchev–Trinajstić information content (AvgIpc) is 3.37. The summed E-state index contributed by atoms with van der Waals surface area (Å²) < 4.78 is 18.5. The van der Waals surface area contributed by atoms with Crippen molar-refractivity contribution in [1.82, 2.24) is 19.7 Å². The van der Waals surface area contributed by atoms with Crippen LogP contribution < -0.4 is 24.8 Å². The SMILES string of the molecule is COc1cc(C2C(C(=O)Nc3cccnc3)=C(C)Nc3nc(SCc4ccccc4)nn32)cc(OC)c1OC. The van der Waals surface area contributed by atoms with Crippen molar-refractivity contribution >= 4 is 29.3 Å². The lowest BCUT2D eigenvalue weighted by atomic mass is 9.94. The monoisotopic (exact) mass is 544 g/mol. The zero-order valence-electron chi connectivity index (χ0n) is 22.0. The molecule has 0 fully saturated rings. The van der Waals surface area contributed by atoms with Gasteiger partial charge in [0.2, 0.25) is 16.9 Å².